The number of terminal acetylenes is 1. The summed E-state index contributed by atoms with van der Waals surface area (Å²) in [5.41, 5.74) is 2.77. The third-order valence-electron chi connectivity index (χ3n) is 2.56. The zero-order valence-electron chi connectivity index (χ0n) is 13.2. The van der Waals surface area contributed by atoms with Crippen molar-refractivity contribution in [1.29, 1.82) is 0 Å². The Balaban J connectivity index is 0. The molecule has 1 aromatic carbocycles. The van der Waals surface area contributed by atoms with Crippen molar-refractivity contribution < 1.29 is 9.90 Å². The Bertz CT molecular complexity index is 425. The van der Waals surface area contributed by atoms with E-state index in [0.29, 0.717) is 0 Å². The summed E-state index contributed by atoms with van der Waals surface area (Å²) in [6, 6.07) is 10.6. The third kappa shape index (κ3) is 14.0. The van der Waals surface area contributed by atoms with Crippen molar-refractivity contribution in [3.05, 3.63) is 59.7 Å². The Hall–Kier alpha value is -2.27. The van der Waals surface area contributed by atoms with Crippen molar-refractivity contribution in [2.24, 2.45) is 5.92 Å². The van der Waals surface area contributed by atoms with Crippen LogP contribution in [-0.2, 0) is 11.2 Å². The fourth-order valence-electron chi connectivity index (χ4n) is 1.58. The second kappa shape index (κ2) is 15.8. The van der Waals surface area contributed by atoms with Crippen LogP contribution in [-0.4, -0.2) is 11.6 Å². The average molecular weight is 286 g/mol. The Labute approximate surface area is 129 Å². The zero-order valence-corrected chi connectivity index (χ0v) is 13.2. The molecule has 0 aliphatic heterocycles. The summed E-state index contributed by atoms with van der Waals surface area (Å²) < 4.78 is 0. The molecule has 1 aromatic rings. The first-order valence-corrected chi connectivity index (χ1v) is 6.90. The first-order chi connectivity index (χ1) is 10.1. The smallest absolute Gasteiger partial charge is 0.290 e. The number of benzene rings is 1. The van der Waals surface area contributed by atoms with Crippen LogP contribution in [0, 0.1) is 18.8 Å². The molecule has 1 rings (SSSR count). The van der Waals surface area contributed by atoms with Crippen molar-refractivity contribution in [2.45, 2.75) is 33.6 Å². The van der Waals surface area contributed by atoms with Crippen LogP contribution < -0.4 is 0 Å². The van der Waals surface area contributed by atoms with E-state index in [1.165, 1.54) is 11.1 Å². The predicted octanol–water partition coefficient (Wildman–Crippen LogP) is 4.73. The minimum atomic E-state index is -0.250. The van der Waals surface area contributed by atoms with Crippen LogP contribution in [0.15, 0.2) is 54.1 Å². The molecule has 0 saturated carbocycles. The molecule has 0 radical (unpaired) electrons. The van der Waals surface area contributed by atoms with E-state index in [4.69, 9.17) is 9.90 Å². The lowest BCUT2D eigenvalue weighted by Crippen LogP contribution is -1.88. The van der Waals surface area contributed by atoms with Crippen molar-refractivity contribution in [3.63, 3.8) is 0 Å². The molecular formula is C19H26O2. The third-order valence-corrected chi connectivity index (χ3v) is 2.56. The van der Waals surface area contributed by atoms with Gasteiger partial charge in [0.1, 0.15) is 0 Å². The molecule has 0 amide bonds. The highest BCUT2D eigenvalue weighted by molar-refractivity contribution is 5.32. The standard InChI is InChI=1S/C16H22.C2H2.CH2O2/c1-4-15(12-8-9-14(2)3)13-16-10-6-5-7-11-16;1-2;2-1-3/h4-8,10-12,14H,9,13H2,1-3H3;1-2H;1H,(H,2,3)/b12-8-,15-4+;;. The van der Waals surface area contributed by atoms with Crippen LogP contribution in [0.2, 0.25) is 0 Å². The first kappa shape index (κ1) is 21.0. The first-order valence-electron chi connectivity index (χ1n) is 6.90. The summed E-state index contributed by atoms with van der Waals surface area (Å²) in [5.74, 6) is 0.742. The Morgan fingerprint density at radius 2 is 1.76 bits per heavy atom. The molecule has 21 heavy (non-hydrogen) atoms. The van der Waals surface area contributed by atoms with Gasteiger partial charge in [-0.1, -0.05) is 62.4 Å². The Morgan fingerprint density at radius 1 is 1.24 bits per heavy atom. The molecule has 0 atom stereocenters. The van der Waals surface area contributed by atoms with E-state index in [1.807, 2.05) is 0 Å². The van der Waals surface area contributed by atoms with Crippen molar-refractivity contribution in [3.8, 4) is 12.8 Å². The van der Waals surface area contributed by atoms with Gasteiger partial charge in [0.15, 0.2) is 0 Å². The van der Waals surface area contributed by atoms with Gasteiger partial charge in [0.2, 0.25) is 0 Å². The van der Waals surface area contributed by atoms with Crippen LogP contribution in [0.4, 0.5) is 0 Å². The number of allylic oxidation sites excluding steroid dienone is 4. The topological polar surface area (TPSA) is 37.3 Å². The molecule has 0 spiro atoms. The van der Waals surface area contributed by atoms with Gasteiger partial charge in [0.25, 0.3) is 6.47 Å². The molecule has 0 fully saturated rings. The number of carbonyl (C=O) groups is 1. The van der Waals surface area contributed by atoms with Gasteiger partial charge in [-0.3, -0.25) is 4.79 Å². The molecule has 0 aliphatic carbocycles. The second-order valence-corrected chi connectivity index (χ2v) is 4.66. The molecule has 0 bridgehead atoms. The number of hydrogen-bond donors (Lipinski definition) is 1. The van der Waals surface area contributed by atoms with Gasteiger partial charge in [0.05, 0.1) is 0 Å². The predicted molar refractivity (Wildman–Crippen MR) is 91.1 cm³/mol. The number of carboxylic acid groups (broad SMARTS) is 1. The van der Waals surface area contributed by atoms with Gasteiger partial charge >= 0.3 is 0 Å². The summed E-state index contributed by atoms with van der Waals surface area (Å²) in [5, 5.41) is 6.89. The molecule has 2 nitrogen and oxygen atoms in total. The van der Waals surface area contributed by atoms with Gasteiger partial charge in [-0.25, -0.2) is 0 Å². The summed E-state index contributed by atoms with van der Waals surface area (Å²) in [6.45, 7) is 6.35. The molecule has 2 heteroatoms. The lowest BCUT2D eigenvalue weighted by molar-refractivity contribution is -0.122. The lowest BCUT2D eigenvalue weighted by atomic mass is 10.0. The summed E-state index contributed by atoms with van der Waals surface area (Å²) in [4.78, 5) is 8.36. The minimum Gasteiger partial charge on any atom is -0.483 e. The van der Waals surface area contributed by atoms with Gasteiger partial charge in [0, 0.05) is 0 Å². The summed E-state index contributed by atoms with van der Waals surface area (Å²) in [7, 11) is 0. The van der Waals surface area contributed by atoms with Gasteiger partial charge in [-0.15, -0.1) is 12.8 Å². The highest BCUT2D eigenvalue weighted by atomic mass is 16.3. The Kier molecular flexibility index (Phi) is 15.8. The van der Waals surface area contributed by atoms with E-state index in [1.54, 1.807) is 0 Å². The maximum atomic E-state index is 8.36. The number of rotatable bonds is 5. The molecule has 0 heterocycles. The fourth-order valence-corrected chi connectivity index (χ4v) is 1.58. The van der Waals surface area contributed by atoms with Crippen LogP contribution in [0.1, 0.15) is 32.8 Å². The quantitative estimate of drug-likeness (QED) is 0.483. The minimum absolute atomic E-state index is 0.250. The van der Waals surface area contributed by atoms with Crippen molar-refractivity contribution in [1.82, 2.24) is 0 Å². The van der Waals surface area contributed by atoms with Crippen molar-refractivity contribution in [2.75, 3.05) is 0 Å². The SMILES string of the molecule is C#C.C/C=C(\C=C/CC(C)C)Cc1ccccc1.O=CO. The number of hydrogen-bond acceptors (Lipinski definition) is 1. The molecular weight excluding hydrogens is 260 g/mol. The average Bonchev–Trinajstić information content (AvgIpc) is 2.50. The van der Waals surface area contributed by atoms with Crippen LogP contribution in [0.5, 0.6) is 0 Å². The molecule has 0 aliphatic rings. The monoisotopic (exact) mass is 286 g/mol. The normalized spacial score (nSPS) is 10.3. The molecule has 0 aromatic heterocycles. The zero-order chi connectivity index (χ0) is 16.5. The summed E-state index contributed by atoms with van der Waals surface area (Å²) >= 11 is 0. The lowest BCUT2D eigenvalue weighted by Gasteiger charge is -2.03. The van der Waals surface area contributed by atoms with Gasteiger partial charge in [-0.2, -0.15) is 0 Å². The van der Waals surface area contributed by atoms with E-state index in [2.05, 4.69) is 82.2 Å². The molecule has 0 saturated heterocycles. The van der Waals surface area contributed by atoms with E-state index in [-0.39, 0.29) is 6.47 Å². The van der Waals surface area contributed by atoms with E-state index in [9.17, 15) is 0 Å². The van der Waals surface area contributed by atoms with Crippen LogP contribution in [0.25, 0.3) is 0 Å². The Morgan fingerprint density at radius 3 is 2.19 bits per heavy atom. The molecule has 0 unspecified atom stereocenters. The van der Waals surface area contributed by atoms with E-state index < -0.39 is 0 Å². The fraction of sp³-hybridized carbons (Fsp3) is 0.316. The maximum Gasteiger partial charge on any atom is 0.290 e. The largest absolute Gasteiger partial charge is 0.483 e. The van der Waals surface area contributed by atoms with Gasteiger partial charge in [-0.05, 0) is 36.8 Å². The maximum absolute atomic E-state index is 8.36. The second-order valence-electron chi connectivity index (χ2n) is 4.66. The summed E-state index contributed by atoms with van der Waals surface area (Å²) in [6.07, 6.45) is 16.9. The van der Waals surface area contributed by atoms with Crippen LogP contribution >= 0.6 is 0 Å². The van der Waals surface area contributed by atoms with E-state index in [0.717, 1.165) is 18.8 Å². The van der Waals surface area contributed by atoms with Gasteiger partial charge < -0.3 is 5.11 Å². The molecule has 1 N–H and O–H groups in total. The van der Waals surface area contributed by atoms with Crippen LogP contribution in [0.3, 0.4) is 0 Å². The molecule has 114 valence electrons. The highest BCUT2D eigenvalue weighted by Gasteiger charge is 1.95. The highest BCUT2D eigenvalue weighted by Crippen LogP contribution is 2.10. The van der Waals surface area contributed by atoms with Crippen molar-refractivity contribution >= 4 is 6.47 Å². The van der Waals surface area contributed by atoms with E-state index >= 15 is 0 Å².